The fourth-order valence-corrected chi connectivity index (χ4v) is 2.34. The van der Waals surface area contributed by atoms with Crippen LogP contribution in [0.5, 0.6) is 0 Å². The predicted octanol–water partition coefficient (Wildman–Crippen LogP) is 3.63. The van der Waals surface area contributed by atoms with E-state index in [0.29, 0.717) is 12.5 Å². The monoisotopic (exact) mass is 356 g/mol. The van der Waals surface area contributed by atoms with Crippen molar-refractivity contribution in [2.45, 2.75) is 33.7 Å². The molecule has 0 unspecified atom stereocenters. The van der Waals surface area contributed by atoms with Crippen molar-refractivity contribution >= 4 is 17.6 Å². The predicted molar refractivity (Wildman–Crippen MR) is 105 cm³/mol. The number of aliphatic imine (C=N–C) groups is 1. The van der Waals surface area contributed by atoms with E-state index in [9.17, 15) is 4.79 Å². The van der Waals surface area contributed by atoms with Gasteiger partial charge >= 0.3 is 0 Å². The molecule has 2 aromatic rings. The Hall–Kier alpha value is -2.76. The molecule has 0 bridgehead atoms. The molecule has 6 heteroatoms. The van der Waals surface area contributed by atoms with Gasteiger partial charge in [0.15, 0.2) is 11.7 Å². The number of guanidine groups is 1. The van der Waals surface area contributed by atoms with Crippen molar-refractivity contribution in [3.05, 3.63) is 54.0 Å². The summed E-state index contributed by atoms with van der Waals surface area (Å²) in [4.78, 5) is 16.7. The average molecular weight is 356 g/mol. The molecular weight excluding hydrogens is 328 g/mol. The number of hydrogen-bond acceptors (Lipinski definition) is 3. The summed E-state index contributed by atoms with van der Waals surface area (Å²) in [7, 11) is 0. The number of rotatable bonds is 8. The molecule has 0 aliphatic rings. The number of amides is 1. The van der Waals surface area contributed by atoms with E-state index in [1.54, 1.807) is 12.1 Å². The summed E-state index contributed by atoms with van der Waals surface area (Å²) >= 11 is 0. The highest BCUT2D eigenvalue weighted by Crippen LogP contribution is 2.13. The molecule has 140 valence electrons. The summed E-state index contributed by atoms with van der Waals surface area (Å²) in [6, 6.07) is 11.0. The van der Waals surface area contributed by atoms with Crippen LogP contribution in [0.4, 0.5) is 5.69 Å². The van der Waals surface area contributed by atoms with Crippen molar-refractivity contribution in [3.63, 3.8) is 0 Å². The lowest BCUT2D eigenvalue weighted by Crippen LogP contribution is -2.38. The minimum Gasteiger partial charge on any atom is -0.459 e. The second-order valence-electron chi connectivity index (χ2n) is 6.44. The molecule has 1 heterocycles. The summed E-state index contributed by atoms with van der Waals surface area (Å²) in [5.41, 5.74) is 1.74. The first-order valence-corrected chi connectivity index (χ1v) is 9.04. The van der Waals surface area contributed by atoms with Crippen molar-refractivity contribution in [2.24, 2.45) is 10.9 Å². The van der Waals surface area contributed by atoms with E-state index in [2.05, 4.69) is 34.8 Å². The molecule has 0 saturated heterocycles. The van der Waals surface area contributed by atoms with E-state index in [1.807, 2.05) is 31.2 Å². The normalized spacial score (nSPS) is 11.5. The van der Waals surface area contributed by atoms with Crippen LogP contribution in [0.15, 0.2) is 52.1 Å². The number of carbonyl (C=O) groups excluding carboxylic acids is 1. The van der Waals surface area contributed by atoms with Gasteiger partial charge in [0.2, 0.25) is 0 Å². The first kappa shape index (κ1) is 19.6. The molecule has 3 N–H and O–H groups in total. The van der Waals surface area contributed by atoms with Crippen LogP contribution >= 0.6 is 0 Å². The molecule has 2 rings (SSSR count). The fraction of sp³-hybridized carbons (Fsp3) is 0.400. The molecule has 1 aromatic carbocycles. The van der Waals surface area contributed by atoms with Crippen LogP contribution in [0.2, 0.25) is 0 Å². The van der Waals surface area contributed by atoms with Gasteiger partial charge in [-0.2, -0.15) is 0 Å². The summed E-state index contributed by atoms with van der Waals surface area (Å²) < 4.78 is 5.11. The number of carbonyl (C=O) groups is 1. The number of furan rings is 1. The highest BCUT2D eigenvalue weighted by molar-refractivity contribution is 6.02. The van der Waals surface area contributed by atoms with Gasteiger partial charge in [-0.3, -0.25) is 4.79 Å². The van der Waals surface area contributed by atoms with Gasteiger partial charge in [-0.1, -0.05) is 26.0 Å². The van der Waals surface area contributed by atoms with Crippen LogP contribution in [0.25, 0.3) is 0 Å². The Morgan fingerprint density at radius 2 is 2.04 bits per heavy atom. The molecule has 0 fully saturated rings. The molecule has 0 aliphatic carbocycles. The first-order chi connectivity index (χ1) is 12.6. The molecule has 6 nitrogen and oxygen atoms in total. The maximum absolute atomic E-state index is 12.1. The van der Waals surface area contributed by atoms with E-state index < -0.39 is 0 Å². The van der Waals surface area contributed by atoms with Crippen LogP contribution in [0.1, 0.15) is 43.3 Å². The van der Waals surface area contributed by atoms with Crippen molar-refractivity contribution in [3.8, 4) is 0 Å². The van der Waals surface area contributed by atoms with Crippen LogP contribution in [-0.2, 0) is 6.54 Å². The van der Waals surface area contributed by atoms with Crippen LogP contribution in [0, 0.1) is 5.92 Å². The van der Waals surface area contributed by atoms with Gasteiger partial charge in [-0.15, -0.1) is 0 Å². The van der Waals surface area contributed by atoms with Crippen LogP contribution in [-0.4, -0.2) is 25.0 Å². The Labute approximate surface area is 155 Å². The molecule has 0 radical (unpaired) electrons. The lowest BCUT2D eigenvalue weighted by Gasteiger charge is -2.12. The zero-order chi connectivity index (χ0) is 18.8. The summed E-state index contributed by atoms with van der Waals surface area (Å²) in [5.74, 6) is 1.48. The second-order valence-corrected chi connectivity index (χ2v) is 6.44. The number of nitrogens with zero attached hydrogens (tertiary/aromatic N) is 1. The number of anilines is 1. The topological polar surface area (TPSA) is 78.7 Å². The fourth-order valence-electron chi connectivity index (χ4n) is 2.34. The lowest BCUT2D eigenvalue weighted by molar-refractivity contribution is 0.0996. The summed E-state index contributed by atoms with van der Waals surface area (Å²) in [6.45, 7) is 8.68. The van der Waals surface area contributed by atoms with Gasteiger partial charge in [-0.25, -0.2) is 4.99 Å². The Kier molecular flexibility index (Phi) is 7.74. The van der Waals surface area contributed by atoms with Crippen molar-refractivity contribution in [2.75, 3.05) is 18.4 Å². The van der Waals surface area contributed by atoms with E-state index in [0.717, 1.165) is 36.7 Å². The highest BCUT2D eigenvalue weighted by atomic mass is 16.3. The highest BCUT2D eigenvalue weighted by Gasteiger charge is 2.08. The van der Waals surface area contributed by atoms with Gasteiger partial charge in [0.25, 0.3) is 5.91 Å². The lowest BCUT2D eigenvalue weighted by atomic mass is 10.1. The quantitative estimate of drug-likeness (QED) is 0.498. The Balaban J connectivity index is 1.96. The minimum absolute atomic E-state index is 0.264. The molecule has 1 amide bonds. The van der Waals surface area contributed by atoms with Crippen molar-refractivity contribution in [1.82, 2.24) is 10.6 Å². The Bertz CT molecular complexity index is 708. The minimum atomic E-state index is -0.264. The Morgan fingerprint density at radius 1 is 1.19 bits per heavy atom. The summed E-state index contributed by atoms with van der Waals surface area (Å²) in [5, 5.41) is 9.42. The van der Waals surface area contributed by atoms with E-state index in [-0.39, 0.29) is 11.7 Å². The third-order valence-electron chi connectivity index (χ3n) is 3.71. The smallest absolute Gasteiger partial charge is 0.291 e. The van der Waals surface area contributed by atoms with Gasteiger partial charge in [0.1, 0.15) is 0 Å². The standard InChI is InChI=1S/C20H28N4O2/c1-4-21-20(22-11-10-15(2)3)23-14-16-7-5-8-17(13-16)24-19(25)18-9-6-12-26-18/h5-9,12-13,15H,4,10-11,14H2,1-3H3,(H,24,25)(H2,21,22,23). The van der Waals surface area contributed by atoms with Gasteiger partial charge in [0.05, 0.1) is 12.8 Å². The van der Waals surface area contributed by atoms with Gasteiger partial charge in [-0.05, 0) is 49.1 Å². The van der Waals surface area contributed by atoms with Crippen LogP contribution in [0.3, 0.4) is 0 Å². The SMILES string of the molecule is CCNC(=NCc1cccc(NC(=O)c2ccco2)c1)NCCC(C)C. The average Bonchev–Trinajstić information content (AvgIpc) is 3.14. The first-order valence-electron chi connectivity index (χ1n) is 9.04. The van der Waals surface area contributed by atoms with Gasteiger partial charge < -0.3 is 20.4 Å². The zero-order valence-electron chi connectivity index (χ0n) is 15.7. The second kappa shape index (κ2) is 10.3. The number of nitrogens with one attached hydrogen (secondary N) is 3. The van der Waals surface area contributed by atoms with Crippen LogP contribution < -0.4 is 16.0 Å². The molecular formula is C20H28N4O2. The third kappa shape index (κ3) is 6.63. The number of benzene rings is 1. The number of hydrogen-bond donors (Lipinski definition) is 3. The maximum atomic E-state index is 12.1. The van der Waals surface area contributed by atoms with E-state index in [1.165, 1.54) is 6.26 Å². The van der Waals surface area contributed by atoms with Crippen molar-refractivity contribution in [1.29, 1.82) is 0 Å². The molecule has 0 aliphatic heterocycles. The molecule has 0 atom stereocenters. The molecule has 0 saturated carbocycles. The van der Waals surface area contributed by atoms with Gasteiger partial charge in [0, 0.05) is 18.8 Å². The summed E-state index contributed by atoms with van der Waals surface area (Å²) in [6.07, 6.45) is 2.58. The largest absolute Gasteiger partial charge is 0.459 e. The molecule has 0 spiro atoms. The van der Waals surface area contributed by atoms with E-state index >= 15 is 0 Å². The molecule has 1 aromatic heterocycles. The van der Waals surface area contributed by atoms with Crippen molar-refractivity contribution < 1.29 is 9.21 Å². The maximum Gasteiger partial charge on any atom is 0.291 e. The van der Waals surface area contributed by atoms with E-state index in [4.69, 9.17) is 4.42 Å². The Morgan fingerprint density at radius 3 is 2.73 bits per heavy atom. The zero-order valence-corrected chi connectivity index (χ0v) is 15.7. The third-order valence-corrected chi connectivity index (χ3v) is 3.71. The molecule has 26 heavy (non-hydrogen) atoms.